The lowest BCUT2D eigenvalue weighted by atomic mass is 10.1. The van der Waals surface area contributed by atoms with Gasteiger partial charge in [0.1, 0.15) is 6.07 Å². The molecule has 1 heterocycles. The van der Waals surface area contributed by atoms with E-state index in [9.17, 15) is 0 Å². The summed E-state index contributed by atoms with van der Waals surface area (Å²) in [4.78, 5) is 0. The fourth-order valence-corrected chi connectivity index (χ4v) is 2.77. The van der Waals surface area contributed by atoms with Gasteiger partial charge in [0, 0.05) is 16.3 Å². The lowest BCUT2D eigenvalue weighted by Crippen LogP contribution is -2.01. The van der Waals surface area contributed by atoms with E-state index >= 15 is 0 Å². The van der Waals surface area contributed by atoms with E-state index in [1.54, 1.807) is 24.3 Å². The topological polar surface area (TPSA) is 74.7 Å². The van der Waals surface area contributed by atoms with Crippen LogP contribution >= 0.6 is 23.2 Å². The molecular formula is C19H14Cl2N4O. The molecule has 3 aromatic rings. The minimum Gasteiger partial charge on any atom is -0.415 e. The first kappa shape index (κ1) is 18.0. The van der Waals surface area contributed by atoms with Gasteiger partial charge in [0.2, 0.25) is 5.89 Å². The molecule has 0 aliphatic heterocycles. The molecule has 0 saturated heterocycles. The maximum atomic E-state index is 9.06. The first-order chi connectivity index (χ1) is 12.5. The van der Waals surface area contributed by atoms with Gasteiger partial charge in [0.05, 0.1) is 16.3 Å². The predicted octanol–water partition coefficient (Wildman–Crippen LogP) is 5.70. The molecule has 0 atom stereocenters. The van der Waals surface area contributed by atoms with E-state index in [2.05, 4.69) is 21.6 Å². The van der Waals surface area contributed by atoms with E-state index < -0.39 is 0 Å². The number of nitrogens with one attached hydrogen (secondary N) is 1. The Morgan fingerprint density at radius 3 is 2.73 bits per heavy atom. The lowest BCUT2D eigenvalue weighted by molar-refractivity contribution is 0.553. The molecule has 7 heteroatoms. The number of hydrogen-bond donors (Lipinski definition) is 1. The number of nitriles is 1. The number of hydrogen-bond acceptors (Lipinski definition) is 5. The summed E-state index contributed by atoms with van der Waals surface area (Å²) >= 11 is 12.2. The summed E-state index contributed by atoms with van der Waals surface area (Å²) in [6.45, 7) is 3.69. The fourth-order valence-electron chi connectivity index (χ4n) is 2.37. The number of aromatic nitrogens is 2. The van der Waals surface area contributed by atoms with E-state index in [0.717, 1.165) is 16.8 Å². The fraction of sp³-hybridized carbons (Fsp3) is 0.105. The standard InChI is InChI=1S/C19H14Cl2N4O/c1-3-15(23-16-8-7-13(10-22)17(21)11(16)2)19-25-24-18(26-19)12-5-4-6-14(20)9-12/h3-9,23H,1-2H3/b15-3+. The van der Waals surface area contributed by atoms with Gasteiger partial charge >= 0.3 is 0 Å². The third-order valence-electron chi connectivity index (χ3n) is 3.79. The van der Waals surface area contributed by atoms with Gasteiger partial charge in [0.25, 0.3) is 5.89 Å². The lowest BCUT2D eigenvalue weighted by Gasteiger charge is -2.12. The summed E-state index contributed by atoms with van der Waals surface area (Å²) in [7, 11) is 0. The van der Waals surface area contributed by atoms with E-state index in [4.69, 9.17) is 32.9 Å². The Kier molecular flexibility index (Phi) is 5.27. The van der Waals surface area contributed by atoms with Crippen LogP contribution < -0.4 is 5.32 Å². The van der Waals surface area contributed by atoms with Crippen molar-refractivity contribution >= 4 is 34.6 Å². The second-order valence-electron chi connectivity index (χ2n) is 5.46. The molecule has 2 aromatic carbocycles. The zero-order chi connectivity index (χ0) is 18.7. The molecule has 0 saturated carbocycles. The molecule has 26 heavy (non-hydrogen) atoms. The number of anilines is 1. The molecule has 0 aliphatic carbocycles. The van der Waals surface area contributed by atoms with Crippen molar-refractivity contribution in [3.63, 3.8) is 0 Å². The molecule has 3 rings (SSSR count). The van der Waals surface area contributed by atoms with Crippen molar-refractivity contribution < 1.29 is 4.42 Å². The Labute approximate surface area is 160 Å². The van der Waals surface area contributed by atoms with Gasteiger partial charge in [-0.15, -0.1) is 10.2 Å². The van der Waals surface area contributed by atoms with Crippen LogP contribution in [0.3, 0.4) is 0 Å². The van der Waals surface area contributed by atoms with Crippen LogP contribution in [0.2, 0.25) is 10.0 Å². The summed E-state index contributed by atoms with van der Waals surface area (Å²) in [6.07, 6.45) is 1.82. The first-order valence-corrected chi connectivity index (χ1v) is 8.51. The predicted molar refractivity (Wildman–Crippen MR) is 103 cm³/mol. The van der Waals surface area contributed by atoms with Crippen molar-refractivity contribution in [2.45, 2.75) is 13.8 Å². The van der Waals surface area contributed by atoms with E-state index in [1.165, 1.54) is 0 Å². The van der Waals surface area contributed by atoms with Crippen molar-refractivity contribution in [2.75, 3.05) is 5.32 Å². The second kappa shape index (κ2) is 7.61. The number of halogens is 2. The summed E-state index contributed by atoms with van der Waals surface area (Å²) < 4.78 is 5.77. The first-order valence-electron chi connectivity index (χ1n) is 7.76. The van der Waals surface area contributed by atoms with E-state index in [1.807, 2.05) is 32.1 Å². The largest absolute Gasteiger partial charge is 0.415 e. The van der Waals surface area contributed by atoms with Gasteiger partial charge in [-0.3, -0.25) is 0 Å². The minimum atomic E-state index is 0.336. The molecule has 5 nitrogen and oxygen atoms in total. The van der Waals surface area contributed by atoms with Gasteiger partial charge in [-0.05, 0) is 49.7 Å². The molecule has 0 aliphatic rings. The van der Waals surface area contributed by atoms with Crippen molar-refractivity contribution in [2.24, 2.45) is 0 Å². The second-order valence-corrected chi connectivity index (χ2v) is 6.28. The van der Waals surface area contributed by atoms with Gasteiger partial charge in [-0.2, -0.15) is 5.26 Å². The van der Waals surface area contributed by atoms with E-state index in [0.29, 0.717) is 33.1 Å². The monoisotopic (exact) mass is 384 g/mol. The summed E-state index contributed by atoms with van der Waals surface area (Å²) in [5.74, 6) is 0.709. The minimum absolute atomic E-state index is 0.336. The average Bonchev–Trinajstić information content (AvgIpc) is 3.13. The maximum absolute atomic E-state index is 9.06. The third kappa shape index (κ3) is 3.57. The molecule has 0 radical (unpaired) electrons. The Morgan fingerprint density at radius 2 is 2.04 bits per heavy atom. The summed E-state index contributed by atoms with van der Waals surface area (Å²) in [5.41, 5.74) is 3.32. The SMILES string of the molecule is C/C=C(/Nc1ccc(C#N)c(Cl)c1C)c1nnc(-c2cccc(Cl)c2)o1. The van der Waals surface area contributed by atoms with Crippen LogP contribution in [-0.4, -0.2) is 10.2 Å². The van der Waals surface area contributed by atoms with Crippen LogP contribution in [0.5, 0.6) is 0 Å². The molecule has 1 N–H and O–H groups in total. The Bertz CT molecular complexity index is 1030. The summed E-state index contributed by atoms with van der Waals surface area (Å²) in [5, 5.41) is 21.5. The van der Waals surface area contributed by atoms with Crippen LogP contribution in [-0.2, 0) is 0 Å². The molecule has 0 bridgehead atoms. The Balaban J connectivity index is 1.90. The number of nitrogens with zero attached hydrogens (tertiary/aromatic N) is 3. The number of allylic oxidation sites excluding steroid dienone is 1. The highest BCUT2D eigenvalue weighted by Crippen LogP contribution is 2.30. The van der Waals surface area contributed by atoms with Crippen molar-refractivity contribution in [1.82, 2.24) is 10.2 Å². The molecular weight excluding hydrogens is 371 g/mol. The van der Waals surface area contributed by atoms with Gasteiger partial charge in [-0.1, -0.05) is 35.3 Å². The third-order valence-corrected chi connectivity index (χ3v) is 4.51. The number of benzene rings is 2. The van der Waals surface area contributed by atoms with Crippen LogP contribution in [0, 0.1) is 18.3 Å². The van der Waals surface area contributed by atoms with Crippen molar-refractivity contribution in [3.8, 4) is 17.5 Å². The molecule has 0 amide bonds. The summed E-state index contributed by atoms with van der Waals surface area (Å²) in [6, 6.07) is 12.7. The van der Waals surface area contributed by atoms with E-state index in [-0.39, 0.29) is 0 Å². The maximum Gasteiger partial charge on any atom is 0.264 e. The number of rotatable bonds is 4. The van der Waals surface area contributed by atoms with Crippen molar-refractivity contribution in [1.29, 1.82) is 5.26 Å². The molecule has 1 aromatic heterocycles. The molecule has 0 spiro atoms. The molecule has 0 fully saturated rings. The van der Waals surface area contributed by atoms with Crippen LogP contribution in [0.4, 0.5) is 5.69 Å². The quantitative estimate of drug-likeness (QED) is 0.624. The van der Waals surface area contributed by atoms with Gasteiger partial charge in [-0.25, -0.2) is 0 Å². The molecule has 0 unspecified atom stereocenters. The zero-order valence-electron chi connectivity index (χ0n) is 14.0. The smallest absolute Gasteiger partial charge is 0.264 e. The van der Waals surface area contributed by atoms with Crippen molar-refractivity contribution in [3.05, 3.63) is 69.5 Å². The Morgan fingerprint density at radius 1 is 1.23 bits per heavy atom. The highest BCUT2D eigenvalue weighted by Gasteiger charge is 2.15. The van der Waals surface area contributed by atoms with Crippen LogP contribution in [0.25, 0.3) is 17.2 Å². The zero-order valence-corrected chi connectivity index (χ0v) is 15.6. The van der Waals surface area contributed by atoms with Gasteiger partial charge in [0.15, 0.2) is 0 Å². The van der Waals surface area contributed by atoms with Crippen LogP contribution in [0.15, 0.2) is 46.9 Å². The average molecular weight is 385 g/mol. The highest BCUT2D eigenvalue weighted by molar-refractivity contribution is 6.33. The highest BCUT2D eigenvalue weighted by atomic mass is 35.5. The normalized spacial score (nSPS) is 11.3. The van der Waals surface area contributed by atoms with Crippen LogP contribution in [0.1, 0.15) is 23.9 Å². The Hall–Kier alpha value is -2.81. The molecule has 130 valence electrons. The van der Waals surface area contributed by atoms with Gasteiger partial charge < -0.3 is 9.73 Å².